The van der Waals surface area contributed by atoms with E-state index in [0.717, 1.165) is 6.42 Å². The summed E-state index contributed by atoms with van der Waals surface area (Å²) in [6.45, 7) is 5.00. The maximum Gasteiger partial charge on any atom is 2.00 e. The van der Waals surface area contributed by atoms with Gasteiger partial charge in [0.2, 0.25) is 0 Å². The molecule has 8 heavy (non-hydrogen) atoms. The quantitative estimate of drug-likeness (QED) is 0.410. The van der Waals surface area contributed by atoms with Crippen molar-refractivity contribution in [3.05, 3.63) is 31.2 Å². The van der Waals surface area contributed by atoms with Crippen molar-refractivity contribution in [1.29, 1.82) is 0 Å². The molecule has 1 aliphatic rings. The number of hydrogen-bond donors (Lipinski definition) is 0. The Morgan fingerprint density at radius 1 is 1.50 bits per heavy atom. The van der Waals surface area contributed by atoms with E-state index in [1.165, 1.54) is 0 Å². The molecule has 0 radical (unpaired) electrons. The van der Waals surface area contributed by atoms with Crippen molar-refractivity contribution in [3.8, 4) is 0 Å². The summed E-state index contributed by atoms with van der Waals surface area (Å²) in [5, 5.41) is 0. The number of allylic oxidation sites excluding steroid dienone is 4. The van der Waals surface area contributed by atoms with Crippen molar-refractivity contribution in [2.24, 2.45) is 0 Å². The van der Waals surface area contributed by atoms with E-state index in [4.69, 9.17) is 0 Å². The van der Waals surface area contributed by atoms with E-state index in [1.807, 2.05) is 12.2 Å². The largest absolute Gasteiger partial charge is 2.00 e. The number of rotatable bonds is 0. The topological polar surface area (TPSA) is 0 Å². The van der Waals surface area contributed by atoms with Gasteiger partial charge in [0.05, 0.1) is 0 Å². The SMILES string of the molecule is [C-]1=CC=CC1.[CH2-]C.[Ru+2]. The smallest absolute Gasteiger partial charge is 0.346 e. The molecule has 1 aliphatic carbocycles. The van der Waals surface area contributed by atoms with Gasteiger partial charge in [-0.15, -0.1) is 6.42 Å². The van der Waals surface area contributed by atoms with E-state index in [0.29, 0.717) is 0 Å². The molecule has 0 heterocycles. The molecule has 0 aromatic rings. The van der Waals surface area contributed by atoms with Gasteiger partial charge in [-0.3, -0.25) is 6.08 Å². The second-order valence-corrected chi connectivity index (χ2v) is 1.00. The summed E-state index contributed by atoms with van der Waals surface area (Å²) < 4.78 is 0. The molecule has 1 rings (SSSR count). The Kier molecular flexibility index (Phi) is 13.9. The van der Waals surface area contributed by atoms with Crippen molar-refractivity contribution in [1.82, 2.24) is 0 Å². The fraction of sp³-hybridized carbons (Fsp3) is 0.286. The molecule has 0 aromatic heterocycles. The fourth-order valence-corrected chi connectivity index (χ4v) is 0.340. The second-order valence-electron chi connectivity index (χ2n) is 1.00. The van der Waals surface area contributed by atoms with Crippen LogP contribution in [-0.4, -0.2) is 0 Å². The summed E-state index contributed by atoms with van der Waals surface area (Å²) in [5.74, 6) is 0. The standard InChI is InChI=1S/C5H5.C2H5.Ru/c1-2-4-5-3-1;1-2;/h1-3H,4H2;1H2,2H3;/q2*-1;+2. The predicted molar refractivity (Wildman–Crippen MR) is 32.6 cm³/mol. The minimum Gasteiger partial charge on any atom is -0.346 e. The number of hydrogen-bond acceptors (Lipinski definition) is 0. The summed E-state index contributed by atoms with van der Waals surface area (Å²) in [5.41, 5.74) is 0. The molecule has 1 heteroatoms. The van der Waals surface area contributed by atoms with Crippen LogP contribution in [0.4, 0.5) is 0 Å². The molecular formula is C7H10Ru. The zero-order valence-electron chi connectivity index (χ0n) is 5.00. The van der Waals surface area contributed by atoms with Gasteiger partial charge in [0.1, 0.15) is 0 Å². The maximum atomic E-state index is 3.25. The molecule has 0 spiro atoms. The summed E-state index contributed by atoms with van der Waals surface area (Å²) in [4.78, 5) is 0. The van der Waals surface area contributed by atoms with E-state index in [-0.39, 0.29) is 19.5 Å². The van der Waals surface area contributed by atoms with Crippen LogP contribution in [0.25, 0.3) is 0 Å². The van der Waals surface area contributed by atoms with Gasteiger partial charge in [-0.1, -0.05) is 0 Å². The third-order valence-electron chi connectivity index (χ3n) is 0.586. The first-order valence-electron chi connectivity index (χ1n) is 2.42. The minimum atomic E-state index is 0. The fourth-order valence-electron chi connectivity index (χ4n) is 0.340. The zero-order chi connectivity index (χ0) is 5.54. The van der Waals surface area contributed by atoms with E-state index in [1.54, 1.807) is 6.92 Å². The van der Waals surface area contributed by atoms with Crippen LogP contribution in [0.5, 0.6) is 0 Å². The Balaban J connectivity index is 0. The van der Waals surface area contributed by atoms with Crippen molar-refractivity contribution < 1.29 is 19.5 Å². The monoisotopic (exact) mass is 196 g/mol. The molecular weight excluding hydrogens is 185 g/mol. The van der Waals surface area contributed by atoms with Gasteiger partial charge in [0.15, 0.2) is 0 Å². The predicted octanol–water partition coefficient (Wildman–Crippen LogP) is 2.14. The van der Waals surface area contributed by atoms with Gasteiger partial charge in [-0.05, 0) is 0 Å². The van der Waals surface area contributed by atoms with E-state index >= 15 is 0 Å². The summed E-state index contributed by atoms with van der Waals surface area (Å²) in [6.07, 6.45) is 10.0. The Hall–Kier alpha value is 0.103. The van der Waals surface area contributed by atoms with Crippen molar-refractivity contribution in [2.75, 3.05) is 0 Å². The van der Waals surface area contributed by atoms with E-state index < -0.39 is 0 Å². The molecule has 0 saturated heterocycles. The molecule has 0 N–H and O–H groups in total. The molecule has 0 bridgehead atoms. The average Bonchev–Trinajstić information content (AvgIpc) is 2.23. The first-order chi connectivity index (χ1) is 3.50. The third kappa shape index (κ3) is 6.10. The average molecular weight is 195 g/mol. The Morgan fingerprint density at radius 3 is 2.25 bits per heavy atom. The van der Waals surface area contributed by atoms with Crippen LogP contribution in [0.1, 0.15) is 13.3 Å². The van der Waals surface area contributed by atoms with E-state index in [2.05, 4.69) is 19.1 Å². The van der Waals surface area contributed by atoms with Gasteiger partial charge in [0, 0.05) is 0 Å². The van der Waals surface area contributed by atoms with Crippen LogP contribution in [0.3, 0.4) is 0 Å². The van der Waals surface area contributed by atoms with Gasteiger partial charge in [-0.2, -0.15) is 13.0 Å². The molecule has 0 amide bonds. The Bertz CT molecular complexity index is 62.5. The van der Waals surface area contributed by atoms with Crippen LogP contribution >= 0.6 is 0 Å². The Labute approximate surface area is 64.4 Å². The van der Waals surface area contributed by atoms with Gasteiger partial charge < -0.3 is 6.92 Å². The van der Waals surface area contributed by atoms with Crippen LogP contribution in [0.15, 0.2) is 18.2 Å². The molecule has 0 saturated carbocycles. The third-order valence-corrected chi connectivity index (χ3v) is 0.586. The molecule has 0 aliphatic heterocycles. The van der Waals surface area contributed by atoms with Crippen molar-refractivity contribution in [3.63, 3.8) is 0 Å². The summed E-state index contributed by atoms with van der Waals surface area (Å²) in [6, 6.07) is 0. The van der Waals surface area contributed by atoms with Gasteiger partial charge in [0.25, 0.3) is 0 Å². The molecule has 0 nitrogen and oxygen atoms in total. The van der Waals surface area contributed by atoms with Crippen molar-refractivity contribution >= 4 is 0 Å². The molecule has 0 fully saturated rings. The first kappa shape index (κ1) is 11.0. The summed E-state index contributed by atoms with van der Waals surface area (Å²) >= 11 is 0. The van der Waals surface area contributed by atoms with E-state index in [9.17, 15) is 0 Å². The summed E-state index contributed by atoms with van der Waals surface area (Å²) in [7, 11) is 0. The first-order valence-corrected chi connectivity index (χ1v) is 2.42. The van der Waals surface area contributed by atoms with Crippen LogP contribution in [0, 0.1) is 13.0 Å². The minimum absolute atomic E-state index is 0. The van der Waals surface area contributed by atoms with Crippen LogP contribution in [-0.2, 0) is 19.5 Å². The maximum absolute atomic E-state index is 3.25. The zero-order valence-corrected chi connectivity index (χ0v) is 6.74. The van der Waals surface area contributed by atoms with Crippen molar-refractivity contribution in [2.45, 2.75) is 13.3 Å². The van der Waals surface area contributed by atoms with Crippen LogP contribution in [0.2, 0.25) is 0 Å². The Morgan fingerprint density at radius 2 is 2.12 bits per heavy atom. The molecule has 46 valence electrons. The normalized spacial score (nSPS) is 11.8. The molecule has 0 unspecified atom stereocenters. The van der Waals surface area contributed by atoms with Crippen LogP contribution < -0.4 is 0 Å². The second kappa shape index (κ2) is 10.2. The molecule has 0 aromatic carbocycles. The van der Waals surface area contributed by atoms with Gasteiger partial charge >= 0.3 is 19.5 Å². The molecule has 0 atom stereocenters. The van der Waals surface area contributed by atoms with Gasteiger partial charge in [-0.25, -0.2) is 12.2 Å².